The molecule has 0 bridgehead atoms. The maximum Gasteiger partial charge on any atom is 0.292 e. The number of nitrogens with one attached hydrogen (secondary N) is 1. The Kier molecular flexibility index (Phi) is 4.35. The molecule has 1 fully saturated rings. The van der Waals surface area contributed by atoms with Gasteiger partial charge in [0.1, 0.15) is 5.69 Å². The minimum absolute atomic E-state index is 0.0943. The van der Waals surface area contributed by atoms with E-state index in [2.05, 4.69) is 5.32 Å². The van der Waals surface area contributed by atoms with Crippen LogP contribution in [0.3, 0.4) is 0 Å². The number of hydrogen-bond acceptors (Lipinski definition) is 7. The molecule has 116 valence electrons. The van der Waals surface area contributed by atoms with E-state index in [0.29, 0.717) is 0 Å². The number of benzene rings is 1. The number of likely N-dealkylation sites (tertiary alicyclic amines) is 1. The molecule has 9 heteroatoms. The van der Waals surface area contributed by atoms with Crippen molar-refractivity contribution in [3.8, 4) is 0 Å². The average molecular weight is 306 g/mol. The molecule has 0 radical (unpaired) electrons. The largest absolute Gasteiger partial charge is 0.545 e. The van der Waals surface area contributed by atoms with Crippen molar-refractivity contribution in [1.82, 2.24) is 4.90 Å². The van der Waals surface area contributed by atoms with Crippen LogP contribution in [0.5, 0.6) is 0 Å². The van der Waals surface area contributed by atoms with Gasteiger partial charge in [0.25, 0.3) is 5.69 Å². The van der Waals surface area contributed by atoms with E-state index in [0.717, 1.165) is 11.0 Å². The van der Waals surface area contributed by atoms with Crippen molar-refractivity contribution in [2.45, 2.75) is 12.8 Å². The van der Waals surface area contributed by atoms with E-state index < -0.39 is 16.6 Å². The molecule has 9 nitrogen and oxygen atoms in total. The Morgan fingerprint density at radius 3 is 2.45 bits per heavy atom. The SMILES string of the molecule is O=C([O-])c1ccc(NCCN2C(=O)CCC2=O)c([N+](=O)[O-])c1. The summed E-state index contributed by atoms with van der Waals surface area (Å²) in [7, 11) is 0. The van der Waals surface area contributed by atoms with Gasteiger partial charge >= 0.3 is 0 Å². The van der Waals surface area contributed by atoms with Crippen LogP contribution in [0, 0.1) is 10.1 Å². The lowest BCUT2D eigenvalue weighted by Gasteiger charge is -2.15. The Balaban J connectivity index is 2.06. The number of anilines is 1. The first kappa shape index (κ1) is 15.4. The van der Waals surface area contributed by atoms with Crippen molar-refractivity contribution in [2.24, 2.45) is 0 Å². The van der Waals surface area contributed by atoms with E-state index in [9.17, 15) is 29.6 Å². The van der Waals surface area contributed by atoms with Gasteiger partial charge in [-0.2, -0.15) is 0 Å². The molecule has 1 aliphatic heterocycles. The number of imide groups is 1. The van der Waals surface area contributed by atoms with Crippen LogP contribution in [0.15, 0.2) is 18.2 Å². The van der Waals surface area contributed by atoms with Crippen LogP contribution in [-0.2, 0) is 9.59 Å². The first-order valence-corrected chi connectivity index (χ1v) is 6.47. The lowest BCUT2D eigenvalue weighted by Crippen LogP contribution is -2.33. The molecule has 1 aromatic rings. The van der Waals surface area contributed by atoms with Gasteiger partial charge < -0.3 is 15.2 Å². The van der Waals surface area contributed by atoms with E-state index in [1.807, 2.05) is 0 Å². The highest BCUT2D eigenvalue weighted by Gasteiger charge is 2.28. The number of carbonyl (C=O) groups is 3. The Labute approximate surface area is 124 Å². The molecule has 0 aromatic heterocycles. The first-order chi connectivity index (χ1) is 10.4. The molecule has 1 saturated heterocycles. The first-order valence-electron chi connectivity index (χ1n) is 6.47. The number of aromatic carboxylic acids is 1. The molecule has 1 aliphatic rings. The fourth-order valence-electron chi connectivity index (χ4n) is 2.13. The van der Waals surface area contributed by atoms with Crippen LogP contribution in [0.1, 0.15) is 23.2 Å². The molecule has 0 saturated carbocycles. The van der Waals surface area contributed by atoms with Crippen molar-refractivity contribution < 1.29 is 24.4 Å². The van der Waals surface area contributed by atoms with Gasteiger partial charge in [0.15, 0.2) is 0 Å². The zero-order valence-electron chi connectivity index (χ0n) is 11.4. The van der Waals surface area contributed by atoms with Crippen LogP contribution in [0.4, 0.5) is 11.4 Å². The number of nitrogens with zero attached hydrogens (tertiary/aromatic N) is 2. The van der Waals surface area contributed by atoms with E-state index in [4.69, 9.17) is 0 Å². The Hall–Kier alpha value is -2.97. The standard InChI is InChI=1S/C13H13N3O6/c17-11-3-4-12(18)15(11)6-5-14-9-2-1-8(13(19)20)7-10(9)16(21)22/h1-2,7,14H,3-6H2,(H,19,20)/p-1. The fraction of sp³-hybridized carbons (Fsp3) is 0.308. The number of nitro benzene ring substituents is 1. The van der Waals surface area contributed by atoms with Gasteiger partial charge in [-0.1, -0.05) is 6.07 Å². The second kappa shape index (κ2) is 6.20. The lowest BCUT2D eigenvalue weighted by atomic mass is 10.1. The quantitative estimate of drug-likeness (QED) is 0.426. The summed E-state index contributed by atoms with van der Waals surface area (Å²) in [5, 5.41) is 24.4. The van der Waals surface area contributed by atoms with Gasteiger partial charge in [0.2, 0.25) is 11.8 Å². The van der Waals surface area contributed by atoms with Crippen molar-refractivity contribution >= 4 is 29.2 Å². The summed E-state index contributed by atoms with van der Waals surface area (Å²) < 4.78 is 0. The minimum Gasteiger partial charge on any atom is -0.545 e. The second-order valence-corrected chi connectivity index (χ2v) is 4.64. The normalized spacial score (nSPS) is 14.3. The van der Waals surface area contributed by atoms with E-state index >= 15 is 0 Å². The summed E-state index contributed by atoms with van der Waals surface area (Å²) >= 11 is 0. The minimum atomic E-state index is -1.51. The van der Waals surface area contributed by atoms with Gasteiger partial charge in [-0.3, -0.25) is 24.6 Å². The zero-order chi connectivity index (χ0) is 16.3. The maximum atomic E-state index is 11.4. The van der Waals surface area contributed by atoms with Gasteiger partial charge in [0, 0.05) is 37.6 Å². The smallest absolute Gasteiger partial charge is 0.292 e. The molecule has 0 spiro atoms. The molecule has 1 N–H and O–H groups in total. The van der Waals surface area contributed by atoms with Crippen molar-refractivity contribution in [3.05, 3.63) is 33.9 Å². The summed E-state index contributed by atoms with van der Waals surface area (Å²) in [4.78, 5) is 44.9. The monoisotopic (exact) mass is 306 g/mol. The highest BCUT2D eigenvalue weighted by molar-refractivity contribution is 6.01. The lowest BCUT2D eigenvalue weighted by molar-refractivity contribution is -0.384. The summed E-state index contributed by atoms with van der Waals surface area (Å²) in [6.45, 7) is 0.222. The number of carboxylic acids is 1. The molecule has 0 aliphatic carbocycles. The Morgan fingerprint density at radius 2 is 1.91 bits per heavy atom. The van der Waals surface area contributed by atoms with Crippen LogP contribution in [-0.4, -0.2) is 40.7 Å². The molecule has 2 rings (SSSR count). The van der Waals surface area contributed by atoms with Crippen LogP contribution >= 0.6 is 0 Å². The number of carboxylic acid groups (broad SMARTS) is 1. The summed E-state index contributed by atoms with van der Waals surface area (Å²) in [6.07, 6.45) is 0.360. The number of amides is 2. The topological polar surface area (TPSA) is 133 Å². The van der Waals surface area contributed by atoms with E-state index in [1.165, 1.54) is 12.1 Å². The number of carbonyl (C=O) groups excluding carboxylic acids is 3. The van der Waals surface area contributed by atoms with Gasteiger partial charge in [0.05, 0.1) is 10.9 Å². The van der Waals surface area contributed by atoms with E-state index in [1.54, 1.807) is 0 Å². The second-order valence-electron chi connectivity index (χ2n) is 4.64. The molecule has 0 atom stereocenters. The molecule has 22 heavy (non-hydrogen) atoms. The molecule has 1 aromatic carbocycles. The molecular formula is C13H12N3O6-. The molecule has 2 amide bonds. The third-order valence-corrected chi connectivity index (χ3v) is 3.24. The van der Waals surface area contributed by atoms with Crippen molar-refractivity contribution in [3.63, 3.8) is 0 Å². The highest BCUT2D eigenvalue weighted by atomic mass is 16.6. The number of rotatable bonds is 6. The predicted octanol–water partition coefficient (Wildman–Crippen LogP) is -0.481. The molecule has 0 unspecified atom stereocenters. The third kappa shape index (κ3) is 3.19. The zero-order valence-corrected chi connectivity index (χ0v) is 11.4. The van der Waals surface area contributed by atoms with Crippen molar-refractivity contribution in [1.29, 1.82) is 0 Å². The Morgan fingerprint density at radius 1 is 1.27 bits per heavy atom. The van der Waals surface area contributed by atoms with Crippen LogP contribution in [0.2, 0.25) is 0 Å². The highest BCUT2D eigenvalue weighted by Crippen LogP contribution is 2.25. The van der Waals surface area contributed by atoms with Crippen LogP contribution < -0.4 is 10.4 Å². The maximum absolute atomic E-state index is 11.4. The number of nitro groups is 1. The molecule has 1 heterocycles. The van der Waals surface area contributed by atoms with Gasteiger partial charge in [-0.05, 0) is 6.07 Å². The summed E-state index contributed by atoms with van der Waals surface area (Å²) in [5.41, 5.74) is -0.614. The van der Waals surface area contributed by atoms with Gasteiger partial charge in [-0.25, -0.2) is 0 Å². The number of hydrogen-bond donors (Lipinski definition) is 1. The summed E-state index contributed by atoms with van der Waals surface area (Å²) in [6, 6.07) is 3.32. The third-order valence-electron chi connectivity index (χ3n) is 3.24. The molecular weight excluding hydrogens is 294 g/mol. The average Bonchev–Trinajstić information content (AvgIpc) is 2.78. The van der Waals surface area contributed by atoms with Crippen molar-refractivity contribution in [2.75, 3.05) is 18.4 Å². The van der Waals surface area contributed by atoms with E-state index in [-0.39, 0.29) is 49.0 Å². The van der Waals surface area contributed by atoms with Crippen LogP contribution in [0.25, 0.3) is 0 Å². The Bertz CT molecular complexity index is 641. The predicted molar refractivity (Wildman–Crippen MR) is 71.9 cm³/mol. The van der Waals surface area contributed by atoms with Gasteiger partial charge in [-0.15, -0.1) is 0 Å². The fourth-order valence-corrected chi connectivity index (χ4v) is 2.13. The summed E-state index contributed by atoms with van der Waals surface area (Å²) in [5.74, 6) is -2.05.